The quantitative estimate of drug-likeness (QED) is 0.640. The number of carbonyl (C=O) groups excluding carboxylic acids is 1. The van der Waals surface area contributed by atoms with E-state index in [-0.39, 0.29) is 13.0 Å². The van der Waals surface area contributed by atoms with Crippen molar-refractivity contribution in [2.45, 2.75) is 6.42 Å². The summed E-state index contributed by atoms with van der Waals surface area (Å²) in [6, 6.07) is 7.28. The smallest absolute Gasteiger partial charge is 0.246 e. The summed E-state index contributed by atoms with van der Waals surface area (Å²) in [5.74, 6) is 0.237. The number of halogens is 1. The van der Waals surface area contributed by atoms with Crippen molar-refractivity contribution in [1.82, 2.24) is 5.48 Å². The largest absolute Gasteiger partial charge is 0.493 e. The highest BCUT2D eigenvalue weighted by Crippen LogP contribution is 2.15. The molecule has 2 N–H and O–H groups in total. The lowest BCUT2D eigenvalue weighted by molar-refractivity contribution is -0.129. The third-order valence-electron chi connectivity index (χ3n) is 1.54. The molecule has 1 rings (SSSR count). The molecule has 0 saturated heterocycles. The third kappa shape index (κ3) is 3.76. The Bertz CT molecular complexity index is 299. The van der Waals surface area contributed by atoms with Gasteiger partial charge in [-0.1, -0.05) is 15.9 Å². The average molecular weight is 260 g/mol. The van der Waals surface area contributed by atoms with Crippen molar-refractivity contribution in [3.05, 3.63) is 28.7 Å². The van der Waals surface area contributed by atoms with Gasteiger partial charge in [-0.15, -0.1) is 0 Å². The first-order valence-corrected chi connectivity index (χ1v) is 4.83. The van der Waals surface area contributed by atoms with Crippen molar-refractivity contribution in [3.63, 3.8) is 0 Å². The predicted octanol–water partition coefficient (Wildman–Crippen LogP) is 1.72. The first kappa shape index (κ1) is 11.0. The molecule has 0 heterocycles. The van der Waals surface area contributed by atoms with Gasteiger partial charge in [-0.2, -0.15) is 0 Å². The molecule has 76 valence electrons. The molecule has 1 amide bonds. The van der Waals surface area contributed by atoms with Crippen LogP contribution in [-0.4, -0.2) is 17.7 Å². The van der Waals surface area contributed by atoms with E-state index in [9.17, 15) is 4.79 Å². The summed E-state index contributed by atoms with van der Waals surface area (Å²) >= 11 is 3.30. The van der Waals surface area contributed by atoms with E-state index in [0.29, 0.717) is 5.75 Å². The van der Waals surface area contributed by atoms with Gasteiger partial charge >= 0.3 is 0 Å². The molecule has 0 fully saturated rings. The monoisotopic (exact) mass is 259 g/mol. The van der Waals surface area contributed by atoms with E-state index >= 15 is 0 Å². The Balaban J connectivity index is 2.31. The zero-order chi connectivity index (χ0) is 10.4. The number of amides is 1. The van der Waals surface area contributed by atoms with Crippen molar-refractivity contribution >= 4 is 21.8 Å². The molecular formula is C9H10BrNO3. The number of nitrogens with one attached hydrogen (secondary N) is 1. The first-order chi connectivity index (χ1) is 6.72. The standard InChI is InChI=1S/C9H10BrNO3/c10-7-1-3-8(4-2-7)14-6-5-9(12)11-13/h1-4,13H,5-6H2,(H,11,12). The van der Waals surface area contributed by atoms with Crippen molar-refractivity contribution in [1.29, 1.82) is 0 Å². The van der Waals surface area contributed by atoms with Crippen LogP contribution in [0.2, 0.25) is 0 Å². The fraction of sp³-hybridized carbons (Fsp3) is 0.222. The van der Waals surface area contributed by atoms with Gasteiger partial charge in [0.25, 0.3) is 0 Å². The number of hydrogen-bond donors (Lipinski definition) is 2. The van der Waals surface area contributed by atoms with Crippen LogP contribution >= 0.6 is 15.9 Å². The van der Waals surface area contributed by atoms with Gasteiger partial charge in [0.15, 0.2) is 0 Å². The molecule has 0 saturated carbocycles. The second-order valence-electron chi connectivity index (χ2n) is 2.59. The number of carbonyl (C=O) groups is 1. The van der Waals surface area contributed by atoms with Gasteiger partial charge in [0, 0.05) is 4.47 Å². The summed E-state index contributed by atoms with van der Waals surface area (Å²) in [5.41, 5.74) is 1.53. The lowest BCUT2D eigenvalue weighted by Crippen LogP contribution is -2.20. The van der Waals surface area contributed by atoms with Crippen LogP contribution in [0, 0.1) is 0 Å². The molecule has 0 radical (unpaired) electrons. The third-order valence-corrected chi connectivity index (χ3v) is 2.06. The minimum absolute atomic E-state index is 0.132. The molecule has 0 atom stereocenters. The molecule has 14 heavy (non-hydrogen) atoms. The molecule has 0 aliphatic rings. The Labute approximate surface area is 90.0 Å². The highest BCUT2D eigenvalue weighted by Gasteiger charge is 1.99. The fourth-order valence-electron chi connectivity index (χ4n) is 0.848. The second kappa shape index (κ2) is 5.62. The normalized spacial score (nSPS) is 9.57. The molecule has 5 heteroatoms. The van der Waals surface area contributed by atoms with Crippen LogP contribution < -0.4 is 10.2 Å². The van der Waals surface area contributed by atoms with Crippen LogP contribution in [0.3, 0.4) is 0 Å². The zero-order valence-corrected chi connectivity index (χ0v) is 8.95. The maximum absolute atomic E-state index is 10.6. The maximum Gasteiger partial charge on any atom is 0.246 e. The number of hydroxylamine groups is 1. The van der Waals surface area contributed by atoms with Gasteiger partial charge in [-0.05, 0) is 24.3 Å². The summed E-state index contributed by atoms with van der Waals surface area (Å²) in [5, 5.41) is 8.21. The lowest BCUT2D eigenvalue weighted by atomic mass is 10.3. The number of ether oxygens (including phenoxy) is 1. The highest BCUT2D eigenvalue weighted by molar-refractivity contribution is 9.10. The lowest BCUT2D eigenvalue weighted by Gasteiger charge is -2.04. The first-order valence-electron chi connectivity index (χ1n) is 4.03. The summed E-state index contributed by atoms with van der Waals surface area (Å²) in [6.45, 7) is 0.244. The number of hydrogen-bond acceptors (Lipinski definition) is 3. The average Bonchev–Trinajstić information content (AvgIpc) is 2.21. The minimum Gasteiger partial charge on any atom is -0.493 e. The molecule has 0 aromatic heterocycles. The van der Waals surface area contributed by atoms with E-state index < -0.39 is 5.91 Å². The van der Waals surface area contributed by atoms with Gasteiger partial charge in [-0.25, -0.2) is 5.48 Å². The molecule has 0 aliphatic carbocycles. The predicted molar refractivity (Wildman–Crippen MR) is 54.2 cm³/mol. The van der Waals surface area contributed by atoms with E-state index in [0.717, 1.165) is 4.47 Å². The molecule has 1 aromatic carbocycles. The zero-order valence-electron chi connectivity index (χ0n) is 7.37. The molecule has 4 nitrogen and oxygen atoms in total. The molecule has 1 aromatic rings. The van der Waals surface area contributed by atoms with E-state index in [1.54, 1.807) is 12.1 Å². The van der Waals surface area contributed by atoms with Gasteiger partial charge < -0.3 is 4.74 Å². The van der Waals surface area contributed by atoms with E-state index in [1.165, 1.54) is 5.48 Å². The van der Waals surface area contributed by atoms with Crippen LogP contribution in [0.25, 0.3) is 0 Å². The Morgan fingerprint density at radius 1 is 1.43 bits per heavy atom. The van der Waals surface area contributed by atoms with Crippen LogP contribution in [0.15, 0.2) is 28.7 Å². The molecule has 0 unspecified atom stereocenters. The van der Waals surface area contributed by atoms with Gasteiger partial charge in [0.1, 0.15) is 5.75 Å². The summed E-state index contributed by atoms with van der Waals surface area (Å²) in [6.07, 6.45) is 0.132. The van der Waals surface area contributed by atoms with Crippen molar-refractivity contribution in [2.75, 3.05) is 6.61 Å². The van der Waals surface area contributed by atoms with Crippen LogP contribution in [0.4, 0.5) is 0 Å². The Morgan fingerprint density at radius 2 is 2.07 bits per heavy atom. The van der Waals surface area contributed by atoms with E-state index in [2.05, 4.69) is 15.9 Å². The second-order valence-corrected chi connectivity index (χ2v) is 3.50. The SMILES string of the molecule is O=C(CCOc1ccc(Br)cc1)NO. The van der Waals surface area contributed by atoms with Gasteiger partial charge in [0.05, 0.1) is 13.0 Å². The maximum atomic E-state index is 10.6. The van der Waals surface area contributed by atoms with Crippen LogP contribution in [0.1, 0.15) is 6.42 Å². The molecule has 0 aliphatic heterocycles. The van der Waals surface area contributed by atoms with Crippen LogP contribution in [-0.2, 0) is 4.79 Å². The number of benzene rings is 1. The molecule has 0 spiro atoms. The van der Waals surface area contributed by atoms with Crippen molar-refractivity contribution < 1.29 is 14.7 Å². The van der Waals surface area contributed by atoms with E-state index in [4.69, 9.17) is 9.94 Å². The summed E-state index contributed by atoms with van der Waals surface area (Å²) in [4.78, 5) is 10.6. The minimum atomic E-state index is -0.456. The van der Waals surface area contributed by atoms with Gasteiger partial charge in [0.2, 0.25) is 5.91 Å². The Morgan fingerprint density at radius 3 is 2.64 bits per heavy atom. The topological polar surface area (TPSA) is 58.6 Å². The Kier molecular flexibility index (Phi) is 4.42. The van der Waals surface area contributed by atoms with E-state index in [1.807, 2.05) is 12.1 Å². The number of rotatable bonds is 4. The summed E-state index contributed by atoms with van der Waals surface area (Å²) < 4.78 is 6.21. The molecule has 0 bridgehead atoms. The highest BCUT2D eigenvalue weighted by atomic mass is 79.9. The fourth-order valence-corrected chi connectivity index (χ4v) is 1.11. The molecular weight excluding hydrogens is 250 g/mol. The van der Waals surface area contributed by atoms with Crippen molar-refractivity contribution in [3.8, 4) is 5.75 Å². The van der Waals surface area contributed by atoms with Gasteiger partial charge in [-0.3, -0.25) is 10.0 Å². The Hall–Kier alpha value is -1.07. The van der Waals surface area contributed by atoms with Crippen LogP contribution in [0.5, 0.6) is 5.75 Å². The van der Waals surface area contributed by atoms with Crippen molar-refractivity contribution in [2.24, 2.45) is 0 Å². The summed E-state index contributed by atoms with van der Waals surface area (Å²) in [7, 11) is 0.